The summed E-state index contributed by atoms with van der Waals surface area (Å²) in [4.78, 5) is 0. The number of hydrogen-bond donors (Lipinski definition) is 1. The number of nitrogens with one attached hydrogen (secondary N) is 1. The quantitative estimate of drug-likeness (QED) is 0.739. The Morgan fingerprint density at radius 2 is 1.75 bits per heavy atom. The van der Waals surface area contributed by atoms with Gasteiger partial charge in [-0.05, 0) is 50.9 Å². The first-order valence-electron chi connectivity index (χ1n) is 9.11. The molecule has 1 saturated heterocycles. The molecule has 3 atom stereocenters. The first kappa shape index (κ1) is 16.3. The molecule has 2 aliphatic rings. The minimum absolute atomic E-state index is 0.159. The van der Waals surface area contributed by atoms with E-state index in [0.29, 0.717) is 6.04 Å². The Balaban J connectivity index is 1.83. The average molecular weight is 281 g/mol. The van der Waals surface area contributed by atoms with Gasteiger partial charge in [-0.1, -0.05) is 40.0 Å². The van der Waals surface area contributed by atoms with Crippen molar-refractivity contribution in [1.82, 2.24) is 5.32 Å². The van der Waals surface area contributed by atoms with Crippen molar-refractivity contribution in [3.63, 3.8) is 0 Å². The number of ether oxygens (including phenoxy) is 1. The second kappa shape index (κ2) is 7.79. The van der Waals surface area contributed by atoms with Crippen LogP contribution in [0.25, 0.3) is 0 Å². The molecule has 20 heavy (non-hydrogen) atoms. The molecule has 2 heteroatoms. The van der Waals surface area contributed by atoms with Gasteiger partial charge in [0.05, 0.1) is 5.60 Å². The van der Waals surface area contributed by atoms with E-state index in [9.17, 15) is 0 Å². The zero-order chi connectivity index (χ0) is 14.4. The van der Waals surface area contributed by atoms with Gasteiger partial charge in [-0.3, -0.25) is 0 Å². The molecule has 1 heterocycles. The van der Waals surface area contributed by atoms with Crippen LogP contribution in [0.5, 0.6) is 0 Å². The van der Waals surface area contributed by atoms with Crippen LogP contribution in [0.1, 0.15) is 85.0 Å². The minimum atomic E-state index is 0.159. The fourth-order valence-electron chi connectivity index (χ4n) is 4.20. The molecule has 0 aromatic carbocycles. The van der Waals surface area contributed by atoms with Gasteiger partial charge in [0.25, 0.3) is 0 Å². The molecule has 0 radical (unpaired) electrons. The predicted octanol–water partition coefficient (Wildman–Crippen LogP) is 4.67. The molecule has 2 rings (SSSR count). The van der Waals surface area contributed by atoms with E-state index in [1.54, 1.807) is 0 Å². The maximum atomic E-state index is 6.10. The van der Waals surface area contributed by atoms with Crippen LogP contribution in [0.2, 0.25) is 0 Å². The molecule has 3 unspecified atom stereocenters. The van der Waals surface area contributed by atoms with Crippen molar-refractivity contribution in [3.05, 3.63) is 0 Å². The van der Waals surface area contributed by atoms with Gasteiger partial charge in [0.1, 0.15) is 0 Å². The first-order valence-corrected chi connectivity index (χ1v) is 9.11. The van der Waals surface area contributed by atoms with Gasteiger partial charge >= 0.3 is 0 Å². The molecule has 0 amide bonds. The second-order valence-corrected chi connectivity index (χ2v) is 7.07. The minimum Gasteiger partial charge on any atom is -0.375 e. The van der Waals surface area contributed by atoms with Crippen molar-refractivity contribution in [2.24, 2.45) is 5.92 Å². The van der Waals surface area contributed by atoms with E-state index in [1.165, 1.54) is 51.4 Å². The lowest BCUT2D eigenvalue weighted by atomic mass is 9.85. The van der Waals surface area contributed by atoms with Crippen LogP contribution >= 0.6 is 0 Å². The van der Waals surface area contributed by atoms with Crippen molar-refractivity contribution in [2.75, 3.05) is 6.61 Å². The molecule has 0 bridgehead atoms. The van der Waals surface area contributed by atoms with Gasteiger partial charge in [-0.2, -0.15) is 0 Å². The van der Waals surface area contributed by atoms with Crippen LogP contribution in [-0.4, -0.2) is 24.3 Å². The number of hydrogen-bond acceptors (Lipinski definition) is 2. The van der Waals surface area contributed by atoms with Crippen LogP contribution in [0.3, 0.4) is 0 Å². The lowest BCUT2D eigenvalue weighted by molar-refractivity contribution is -0.0942. The van der Waals surface area contributed by atoms with Crippen LogP contribution < -0.4 is 5.32 Å². The molecule has 1 N–H and O–H groups in total. The third kappa shape index (κ3) is 4.21. The molecule has 0 aromatic heterocycles. The fourth-order valence-corrected chi connectivity index (χ4v) is 4.20. The van der Waals surface area contributed by atoms with Gasteiger partial charge in [-0.25, -0.2) is 0 Å². The summed E-state index contributed by atoms with van der Waals surface area (Å²) in [5.41, 5.74) is 0.159. The van der Waals surface area contributed by atoms with Gasteiger partial charge in [0.15, 0.2) is 0 Å². The average Bonchev–Trinajstić information content (AvgIpc) is 2.72. The van der Waals surface area contributed by atoms with Gasteiger partial charge in [-0.15, -0.1) is 0 Å². The summed E-state index contributed by atoms with van der Waals surface area (Å²) in [5.74, 6) is 0.988. The maximum absolute atomic E-state index is 6.10. The van der Waals surface area contributed by atoms with Gasteiger partial charge in [0, 0.05) is 18.7 Å². The second-order valence-electron chi connectivity index (χ2n) is 7.07. The Kier molecular flexibility index (Phi) is 6.35. The first-order chi connectivity index (χ1) is 9.71. The Labute approximate surface area is 126 Å². The highest BCUT2D eigenvalue weighted by atomic mass is 16.5. The highest BCUT2D eigenvalue weighted by Crippen LogP contribution is 2.32. The van der Waals surface area contributed by atoms with E-state index in [0.717, 1.165) is 31.4 Å². The zero-order valence-electron chi connectivity index (χ0n) is 13.9. The molecule has 1 aliphatic carbocycles. The Morgan fingerprint density at radius 3 is 2.45 bits per heavy atom. The molecule has 1 aliphatic heterocycles. The predicted molar refractivity (Wildman–Crippen MR) is 86.1 cm³/mol. The summed E-state index contributed by atoms with van der Waals surface area (Å²) >= 11 is 0. The summed E-state index contributed by atoms with van der Waals surface area (Å²) in [5, 5.41) is 3.99. The van der Waals surface area contributed by atoms with Crippen molar-refractivity contribution < 1.29 is 4.74 Å². The summed E-state index contributed by atoms with van der Waals surface area (Å²) in [6.07, 6.45) is 13.2. The Bertz CT molecular complexity index is 275. The molecular formula is C18H35NO. The zero-order valence-corrected chi connectivity index (χ0v) is 13.9. The third-order valence-electron chi connectivity index (χ3n) is 5.92. The summed E-state index contributed by atoms with van der Waals surface area (Å²) in [6.45, 7) is 7.87. The van der Waals surface area contributed by atoms with Gasteiger partial charge < -0.3 is 10.1 Å². The third-order valence-corrected chi connectivity index (χ3v) is 5.92. The standard InChI is InChI=1S/C18H35NO/c1-4-15-8-7-9-16(11-10-15)19-17-12-13-20-18(5-2,6-3)14-17/h15-17,19H,4-14H2,1-3H3. The van der Waals surface area contributed by atoms with Crippen molar-refractivity contribution in [2.45, 2.75) is 103 Å². The van der Waals surface area contributed by atoms with Crippen molar-refractivity contribution in [3.8, 4) is 0 Å². The normalized spacial score (nSPS) is 34.6. The van der Waals surface area contributed by atoms with Crippen LogP contribution in [0, 0.1) is 5.92 Å². The van der Waals surface area contributed by atoms with E-state index >= 15 is 0 Å². The highest BCUT2D eigenvalue weighted by Gasteiger charge is 2.35. The topological polar surface area (TPSA) is 21.3 Å². The summed E-state index contributed by atoms with van der Waals surface area (Å²) < 4.78 is 6.10. The molecule has 0 spiro atoms. The fraction of sp³-hybridized carbons (Fsp3) is 1.00. The Morgan fingerprint density at radius 1 is 0.950 bits per heavy atom. The lowest BCUT2D eigenvalue weighted by Gasteiger charge is -2.41. The molecule has 118 valence electrons. The SMILES string of the molecule is CCC1CCCC(NC2CCOC(CC)(CC)C2)CC1. The highest BCUT2D eigenvalue weighted by molar-refractivity contribution is 4.90. The van der Waals surface area contributed by atoms with Crippen molar-refractivity contribution >= 4 is 0 Å². The maximum Gasteiger partial charge on any atom is 0.0692 e. The van der Waals surface area contributed by atoms with Crippen LogP contribution in [0.15, 0.2) is 0 Å². The molecular weight excluding hydrogens is 246 g/mol. The van der Waals surface area contributed by atoms with Crippen LogP contribution in [-0.2, 0) is 4.74 Å². The van der Waals surface area contributed by atoms with E-state index in [-0.39, 0.29) is 5.60 Å². The van der Waals surface area contributed by atoms with Gasteiger partial charge in [0.2, 0.25) is 0 Å². The number of rotatable bonds is 5. The van der Waals surface area contributed by atoms with Crippen LogP contribution in [0.4, 0.5) is 0 Å². The smallest absolute Gasteiger partial charge is 0.0692 e. The monoisotopic (exact) mass is 281 g/mol. The molecule has 1 saturated carbocycles. The lowest BCUT2D eigenvalue weighted by Crippen LogP contribution is -2.49. The Hall–Kier alpha value is -0.0800. The van der Waals surface area contributed by atoms with E-state index in [4.69, 9.17) is 4.74 Å². The summed E-state index contributed by atoms with van der Waals surface area (Å²) in [6, 6.07) is 1.45. The summed E-state index contributed by atoms with van der Waals surface area (Å²) in [7, 11) is 0. The van der Waals surface area contributed by atoms with Crippen molar-refractivity contribution in [1.29, 1.82) is 0 Å². The van der Waals surface area contributed by atoms with E-state index < -0.39 is 0 Å². The largest absolute Gasteiger partial charge is 0.375 e. The molecule has 2 fully saturated rings. The molecule has 2 nitrogen and oxygen atoms in total. The van der Waals surface area contributed by atoms with E-state index in [1.807, 2.05) is 0 Å². The van der Waals surface area contributed by atoms with E-state index in [2.05, 4.69) is 26.1 Å². The molecule has 0 aromatic rings.